The van der Waals surface area contributed by atoms with Gasteiger partial charge in [-0.3, -0.25) is 0 Å². The van der Waals surface area contributed by atoms with Gasteiger partial charge in [0.15, 0.2) is 0 Å². The van der Waals surface area contributed by atoms with E-state index in [2.05, 4.69) is 66.0 Å². The summed E-state index contributed by atoms with van der Waals surface area (Å²) in [6, 6.07) is 22.8. The molecule has 0 saturated heterocycles. The molecule has 0 radical (unpaired) electrons. The van der Waals surface area contributed by atoms with Crippen molar-refractivity contribution in [3.8, 4) is 0 Å². The molecule has 1 nitrogen and oxygen atoms in total. The zero-order valence-electron chi connectivity index (χ0n) is 12.4. The first-order valence-electron chi connectivity index (χ1n) is 8.26. The van der Waals surface area contributed by atoms with Gasteiger partial charge in [-0.15, -0.1) is 0 Å². The molecule has 2 aromatic carbocycles. The zero-order valence-corrected chi connectivity index (χ0v) is 12.4. The van der Waals surface area contributed by atoms with Crippen LogP contribution in [0.1, 0.15) is 42.9 Å². The van der Waals surface area contributed by atoms with Gasteiger partial charge in [0.05, 0.1) is 6.04 Å². The van der Waals surface area contributed by atoms with Crippen LogP contribution in [0.25, 0.3) is 0 Å². The highest BCUT2D eigenvalue weighted by molar-refractivity contribution is 5.31. The lowest BCUT2D eigenvalue weighted by atomic mass is 9.92. The molecule has 108 valence electrons. The first-order chi connectivity index (χ1) is 10.4. The Morgan fingerprint density at radius 3 is 1.86 bits per heavy atom. The van der Waals surface area contributed by atoms with Crippen molar-refractivity contribution in [1.82, 2.24) is 5.32 Å². The Balaban J connectivity index is 1.61. The number of hydrogen-bond donors (Lipinski definition) is 1. The van der Waals surface area contributed by atoms with Crippen molar-refractivity contribution >= 4 is 0 Å². The standard InChI is InChI=1S/C20H23N/c1-3-7-16(8-4-1)20(17-9-5-2-6-10-17)21-19-14-15-11-12-18(19)13-15/h1-10,15,18-21H,11-14H2/t15-,18+,19+/m0/s1. The average molecular weight is 277 g/mol. The summed E-state index contributed by atoms with van der Waals surface area (Å²) in [6.07, 6.45) is 5.72. The quantitative estimate of drug-likeness (QED) is 0.864. The van der Waals surface area contributed by atoms with Gasteiger partial charge in [0.2, 0.25) is 0 Å². The van der Waals surface area contributed by atoms with Gasteiger partial charge in [0, 0.05) is 6.04 Å². The van der Waals surface area contributed by atoms with Gasteiger partial charge in [-0.1, -0.05) is 67.1 Å². The van der Waals surface area contributed by atoms with Crippen LogP contribution < -0.4 is 5.32 Å². The summed E-state index contributed by atoms with van der Waals surface area (Å²) in [6.45, 7) is 0. The fourth-order valence-corrected chi connectivity index (χ4v) is 4.34. The molecule has 1 heteroatoms. The molecule has 0 spiro atoms. The van der Waals surface area contributed by atoms with E-state index >= 15 is 0 Å². The molecule has 3 atom stereocenters. The predicted molar refractivity (Wildman–Crippen MR) is 87.1 cm³/mol. The summed E-state index contributed by atoms with van der Waals surface area (Å²) in [4.78, 5) is 0. The maximum atomic E-state index is 3.98. The Kier molecular flexibility index (Phi) is 3.52. The van der Waals surface area contributed by atoms with Gasteiger partial charge in [-0.25, -0.2) is 0 Å². The van der Waals surface area contributed by atoms with Gasteiger partial charge >= 0.3 is 0 Å². The Hall–Kier alpha value is -1.60. The number of hydrogen-bond acceptors (Lipinski definition) is 1. The molecule has 2 aliphatic rings. The Bertz CT molecular complexity index is 538. The Labute approximate surface area is 127 Å². The molecular formula is C20H23N. The molecule has 21 heavy (non-hydrogen) atoms. The minimum Gasteiger partial charge on any atom is -0.303 e. The predicted octanol–water partition coefficient (Wildman–Crippen LogP) is 4.55. The molecule has 2 aliphatic carbocycles. The monoisotopic (exact) mass is 277 g/mol. The van der Waals surface area contributed by atoms with Crippen molar-refractivity contribution in [3.63, 3.8) is 0 Å². The second kappa shape index (κ2) is 5.65. The van der Waals surface area contributed by atoms with Crippen molar-refractivity contribution in [2.24, 2.45) is 11.8 Å². The van der Waals surface area contributed by atoms with Crippen molar-refractivity contribution in [3.05, 3.63) is 71.8 Å². The largest absolute Gasteiger partial charge is 0.303 e. The van der Waals surface area contributed by atoms with Crippen LogP contribution in [0, 0.1) is 11.8 Å². The normalized spacial score (nSPS) is 27.4. The first kappa shape index (κ1) is 13.1. The van der Waals surface area contributed by atoms with Gasteiger partial charge in [-0.05, 0) is 42.2 Å². The van der Waals surface area contributed by atoms with E-state index in [9.17, 15) is 0 Å². The van der Waals surface area contributed by atoms with Crippen molar-refractivity contribution in [1.29, 1.82) is 0 Å². The van der Waals surface area contributed by atoms with Crippen molar-refractivity contribution < 1.29 is 0 Å². The highest BCUT2D eigenvalue weighted by Gasteiger charge is 2.40. The molecule has 0 heterocycles. The second-order valence-electron chi connectivity index (χ2n) is 6.70. The van der Waals surface area contributed by atoms with Crippen LogP contribution in [0.2, 0.25) is 0 Å². The number of fused-ring (bicyclic) bond motifs is 2. The van der Waals surface area contributed by atoms with Gasteiger partial charge < -0.3 is 5.32 Å². The lowest BCUT2D eigenvalue weighted by Gasteiger charge is -2.29. The topological polar surface area (TPSA) is 12.0 Å². The van der Waals surface area contributed by atoms with E-state index in [-0.39, 0.29) is 0 Å². The van der Waals surface area contributed by atoms with Crippen LogP contribution in [0.15, 0.2) is 60.7 Å². The molecule has 2 saturated carbocycles. The smallest absolute Gasteiger partial charge is 0.0578 e. The van der Waals surface area contributed by atoms with E-state index in [0.29, 0.717) is 12.1 Å². The van der Waals surface area contributed by atoms with Crippen LogP contribution in [0.3, 0.4) is 0 Å². The van der Waals surface area contributed by atoms with Gasteiger partial charge in [0.1, 0.15) is 0 Å². The van der Waals surface area contributed by atoms with E-state index in [1.54, 1.807) is 0 Å². The van der Waals surface area contributed by atoms with Crippen LogP contribution in [0.4, 0.5) is 0 Å². The lowest BCUT2D eigenvalue weighted by Crippen LogP contribution is -2.37. The third-order valence-corrected chi connectivity index (χ3v) is 5.38. The second-order valence-corrected chi connectivity index (χ2v) is 6.70. The molecular weight excluding hydrogens is 254 g/mol. The van der Waals surface area contributed by atoms with Crippen LogP contribution in [-0.4, -0.2) is 6.04 Å². The molecule has 0 aliphatic heterocycles. The van der Waals surface area contributed by atoms with Crippen LogP contribution in [-0.2, 0) is 0 Å². The van der Waals surface area contributed by atoms with Crippen molar-refractivity contribution in [2.75, 3.05) is 0 Å². The Morgan fingerprint density at radius 2 is 1.38 bits per heavy atom. The average Bonchev–Trinajstić information content (AvgIpc) is 3.17. The fraction of sp³-hybridized carbons (Fsp3) is 0.400. The molecule has 0 unspecified atom stereocenters. The lowest BCUT2D eigenvalue weighted by molar-refractivity contribution is 0.334. The SMILES string of the molecule is c1ccc(C(N[C@@H]2C[C@H]3CC[C@@H]2C3)c2ccccc2)cc1. The highest BCUT2D eigenvalue weighted by atomic mass is 15.0. The van der Waals surface area contributed by atoms with E-state index in [4.69, 9.17) is 0 Å². The van der Waals surface area contributed by atoms with E-state index < -0.39 is 0 Å². The summed E-state index contributed by atoms with van der Waals surface area (Å²) in [5, 5.41) is 3.98. The Morgan fingerprint density at radius 1 is 0.762 bits per heavy atom. The molecule has 0 amide bonds. The highest BCUT2D eigenvalue weighted by Crippen LogP contribution is 2.45. The fourth-order valence-electron chi connectivity index (χ4n) is 4.34. The number of benzene rings is 2. The van der Waals surface area contributed by atoms with Crippen LogP contribution in [0.5, 0.6) is 0 Å². The third kappa shape index (κ3) is 2.63. The maximum absolute atomic E-state index is 3.98. The molecule has 2 fully saturated rings. The van der Waals surface area contributed by atoms with Gasteiger partial charge in [0.25, 0.3) is 0 Å². The minimum atomic E-state index is 0.330. The molecule has 2 aromatic rings. The zero-order chi connectivity index (χ0) is 14.1. The molecule has 0 aromatic heterocycles. The minimum absolute atomic E-state index is 0.330. The number of nitrogens with one attached hydrogen (secondary N) is 1. The van der Waals surface area contributed by atoms with Crippen LogP contribution >= 0.6 is 0 Å². The molecule has 1 N–H and O–H groups in total. The number of rotatable bonds is 4. The molecule has 2 bridgehead atoms. The third-order valence-electron chi connectivity index (χ3n) is 5.38. The van der Waals surface area contributed by atoms with Crippen molar-refractivity contribution in [2.45, 2.75) is 37.8 Å². The summed E-state index contributed by atoms with van der Waals surface area (Å²) >= 11 is 0. The van der Waals surface area contributed by atoms with E-state index in [1.165, 1.54) is 36.8 Å². The van der Waals surface area contributed by atoms with E-state index in [0.717, 1.165) is 11.8 Å². The van der Waals surface area contributed by atoms with Gasteiger partial charge in [-0.2, -0.15) is 0 Å². The van der Waals surface area contributed by atoms with E-state index in [1.807, 2.05) is 0 Å². The summed E-state index contributed by atoms with van der Waals surface area (Å²) in [5.74, 6) is 1.89. The maximum Gasteiger partial charge on any atom is 0.0578 e. The molecule has 4 rings (SSSR count). The summed E-state index contributed by atoms with van der Waals surface area (Å²) in [5.41, 5.74) is 2.76. The summed E-state index contributed by atoms with van der Waals surface area (Å²) < 4.78 is 0. The first-order valence-corrected chi connectivity index (χ1v) is 8.26. The summed E-state index contributed by atoms with van der Waals surface area (Å²) in [7, 11) is 0.